The van der Waals surface area contributed by atoms with Crippen molar-refractivity contribution >= 4 is 11.3 Å². The molecule has 1 fully saturated rings. The molecule has 1 saturated carbocycles. The molecule has 0 aliphatic heterocycles. The van der Waals surface area contributed by atoms with Gasteiger partial charge in [-0.25, -0.2) is 0 Å². The van der Waals surface area contributed by atoms with Crippen LogP contribution in [0.4, 0.5) is 0 Å². The molecule has 0 aromatic carbocycles. The zero-order valence-corrected chi connectivity index (χ0v) is 12.3. The van der Waals surface area contributed by atoms with Crippen LogP contribution in [0.5, 0.6) is 0 Å². The maximum Gasteiger partial charge on any atom is 0.0695 e. The van der Waals surface area contributed by atoms with E-state index < -0.39 is 0 Å². The van der Waals surface area contributed by atoms with Crippen molar-refractivity contribution in [1.82, 2.24) is 4.90 Å². The summed E-state index contributed by atoms with van der Waals surface area (Å²) in [4.78, 5) is 3.84. The summed E-state index contributed by atoms with van der Waals surface area (Å²) in [5.41, 5.74) is 0. The molecule has 102 valence electrons. The summed E-state index contributed by atoms with van der Waals surface area (Å²) in [5, 5.41) is 12.4. The van der Waals surface area contributed by atoms with Gasteiger partial charge in [0.15, 0.2) is 0 Å². The molecule has 3 heteroatoms. The highest BCUT2D eigenvalue weighted by Gasteiger charge is 2.27. The Morgan fingerprint density at radius 1 is 1.39 bits per heavy atom. The number of thiophene rings is 1. The van der Waals surface area contributed by atoms with Crippen molar-refractivity contribution < 1.29 is 5.11 Å². The SMILES string of the molecule is CC(Cc1cccs1)N(C)C1CCCCCC1O. The standard InChI is InChI=1S/C15H25NOS/c1-12(11-13-7-6-10-18-13)16(2)14-8-4-3-5-9-15(14)17/h6-7,10,12,14-15,17H,3-5,8-9,11H2,1-2H3. The minimum Gasteiger partial charge on any atom is -0.391 e. The van der Waals surface area contributed by atoms with Crippen LogP contribution in [0.3, 0.4) is 0 Å². The molecular formula is C15H25NOS. The summed E-state index contributed by atoms with van der Waals surface area (Å²) >= 11 is 1.83. The summed E-state index contributed by atoms with van der Waals surface area (Å²) < 4.78 is 0. The van der Waals surface area contributed by atoms with Gasteiger partial charge in [-0.2, -0.15) is 0 Å². The van der Waals surface area contributed by atoms with Gasteiger partial charge in [-0.1, -0.05) is 25.3 Å². The van der Waals surface area contributed by atoms with E-state index in [9.17, 15) is 5.11 Å². The lowest BCUT2D eigenvalue weighted by Gasteiger charge is -2.35. The zero-order chi connectivity index (χ0) is 13.0. The van der Waals surface area contributed by atoms with Crippen molar-refractivity contribution in [2.45, 2.75) is 63.6 Å². The lowest BCUT2D eigenvalue weighted by molar-refractivity contribution is 0.0398. The van der Waals surface area contributed by atoms with E-state index in [0.29, 0.717) is 12.1 Å². The lowest BCUT2D eigenvalue weighted by atomic mass is 10.0. The van der Waals surface area contributed by atoms with E-state index in [1.807, 2.05) is 11.3 Å². The second kappa shape index (κ2) is 6.69. The Bertz CT molecular complexity index is 338. The van der Waals surface area contributed by atoms with E-state index in [1.165, 1.54) is 24.1 Å². The molecule has 18 heavy (non-hydrogen) atoms. The van der Waals surface area contributed by atoms with Gasteiger partial charge in [-0.3, -0.25) is 4.90 Å². The van der Waals surface area contributed by atoms with Gasteiger partial charge in [0, 0.05) is 17.0 Å². The van der Waals surface area contributed by atoms with Gasteiger partial charge in [0.25, 0.3) is 0 Å². The van der Waals surface area contributed by atoms with Crippen LogP contribution in [0.15, 0.2) is 17.5 Å². The number of aliphatic hydroxyl groups excluding tert-OH is 1. The molecule has 2 rings (SSSR count). The molecular weight excluding hydrogens is 242 g/mol. The fourth-order valence-electron chi connectivity index (χ4n) is 2.93. The normalized spacial score (nSPS) is 27.1. The first-order chi connectivity index (χ1) is 8.68. The topological polar surface area (TPSA) is 23.5 Å². The third-order valence-corrected chi connectivity index (χ3v) is 5.14. The van der Waals surface area contributed by atoms with Crippen molar-refractivity contribution in [3.05, 3.63) is 22.4 Å². The van der Waals surface area contributed by atoms with Gasteiger partial charge in [-0.15, -0.1) is 11.3 Å². The summed E-state index contributed by atoms with van der Waals surface area (Å²) in [7, 11) is 2.18. The first-order valence-electron chi connectivity index (χ1n) is 7.11. The van der Waals surface area contributed by atoms with Gasteiger partial charge >= 0.3 is 0 Å². The molecule has 3 unspecified atom stereocenters. The van der Waals surface area contributed by atoms with Gasteiger partial charge in [0.1, 0.15) is 0 Å². The Labute approximate surface area is 115 Å². The van der Waals surface area contributed by atoms with Crippen molar-refractivity contribution in [1.29, 1.82) is 0 Å². The third-order valence-electron chi connectivity index (χ3n) is 4.24. The summed E-state index contributed by atoms with van der Waals surface area (Å²) in [6.45, 7) is 2.28. The number of hydrogen-bond acceptors (Lipinski definition) is 3. The molecule has 1 heterocycles. The Hall–Kier alpha value is -0.380. The number of aliphatic hydroxyl groups is 1. The van der Waals surface area contributed by atoms with Crippen molar-refractivity contribution in [3.63, 3.8) is 0 Å². The van der Waals surface area contributed by atoms with E-state index in [4.69, 9.17) is 0 Å². The number of nitrogens with zero attached hydrogens (tertiary/aromatic N) is 1. The second-order valence-corrected chi connectivity index (χ2v) is 6.60. The van der Waals surface area contributed by atoms with Gasteiger partial charge in [0.05, 0.1) is 6.10 Å². The first kappa shape index (κ1) is 14.0. The number of hydrogen-bond donors (Lipinski definition) is 1. The second-order valence-electron chi connectivity index (χ2n) is 5.57. The molecule has 1 aliphatic carbocycles. The Kier molecular flexibility index (Phi) is 5.22. The molecule has 1 N–H and O–H groups in total. The molecule has 0 spiro atoms. The van der Waals surface area contributed by atoms with Crippen LogP contribution in [0.25, 0.3) is 0 Å². The quantitative estimate of drug-likeness (QED) is 0.846. The van der Waals surface area contributed by atoms with Crippen LogP contribution >= 0.6 is 11.3 Å². The van der Waals surface area contributed by atoms with Crippen LogP contribution in [-0.2, 0) is 6.42 Å². The van der Waals surface area contributed by atoms with E-state index in [-0.39, 0.29) is 6.10 Å². The van der Waals surface area contributed by atoms with Crippen LogP contribution in [0.2, 0.25) is 0 Å². The van der Waals surface area contributed by atoms with Crippen LogP contribution in [-0.4, -0.2) is 35.2 Å². The maximum atomic E-state index is 10.3. The Morgan fingerprint density at radius 2 is 2.17 bits per heavy atom. The van der Waals surface area contributed by atoms with Crippen LogP contribution in [0.1, 0.15) is 43.9 Å². The van der Waals surface area contributed by atoms with E-state index in [1.54, 1.807) is 0 Å². The monoisotopic (exact) mass is 267 g/mol. The highest BCUT2D eigenvalue weighted by Crippen LogP contribution is 2.24. The largest absolute Gasteiger partial charge is 0.391 e. The van der Waals surface area contributed by atoms with Crippen LogP contribution in [0, 0.1) is 0 Å². The van der Waals surface area contributed by atoms with Gasteiger partial charge in [-0.05, 0) is 44.7 Å². The Balaban J connectivity index is 1.93. The molecule has 0 amide bonds. The minimum absolute atomic E-state index is 0.136. The highest BCUT2D eigenvalue weighted by molar-refractivity contribution is 7.09. The minimum atomic E-state index is -0.136. The number of rotatable bonds is 4. The molecule has 2 nitrogen and oxygen atoms in total. The fourth-order valence-corrected chi connectivity index (χ4v) is 3.76. The first-order valence-corrected chi connectivity index (χ1v) is 7.99. The molecule has 1 aliphatic rings. The summed E-state index contributed by atoms with van der Waals surface area (Å²) in [6.07, 6.45) is 6.80. The molecule has 0 bridgehead atoms. The van der Waals surface area contributed by atoms with Gasteiger partial charge < -0.3 is 5.11 Å². The smallest absolute Gasteiger partial charge is 0.0695 e. The predicted molar refractivity (Wildman–Crippen MR) is 78.1 cm³/mol. The van der Waals surface area contributed by atoms with Crippen molar-refractivity contribution in [2.75, 3.05) is 7.05 Å². The zero-order valence-electron chi connectivity index (χ0n) is 11.5. The predicted octanol–water partition coefficient (Wildman–Crippen LogP) is 3.30. The Morgan fingerprint density at radius 3 is 2.89 bits per heavy atom. The van der Waals surface area contributed by atoms with Crippen molar-refractivity contribution in [2.24, 2.45) is 0 Å². The van der Waals surface area contributed by atoms with E-state index >= 15 is 0 Å². The molecule has 0 saturated heterocycles. The molecule has 1 aromatic heterocycles. The fraction of sp³-hybridized carbons (Fsp3) is 0.733. The molecule has 1 aromatic rings. The third kappa shape index (κ3) is 3.56. The molecule has 0 radical (unpaired) electrons. The average Bonchev–Trinajstić information content (AvgIpc) is 2.76. The van der Waals surface area contributed by atoms with E-state index in [2.05, 4.69) is 36.4 Å². The lowest BCUT2D eigenvalue weighted by Crippen LogP contribution is -2.45. The summed E-state index contributed by atoms with van der Waals surface area (Å²) in [5.74, 6) is 0. The number of likely N-dealkylation sites (N-methyl/N-ethyl adjacent to an activating group) is 1. The van der Waals surface area contributed by atoms with Gasteiger partial charge in [0.2, 0.25) is 0 Å². The highest BCUT2D eigenvalue weighted by atomic mass is 32.1. The average molecular weight is 267 g/mol. The summed E-state index contributed by atoms with van der Waals surface area (Å²) in [6, 6.07) is 5.18. The van der Waals surface area contributed by atoms with Crippen LogP contribution < -0.4 is 0 Å². The van der Waals surface area contributed by atoms with Crippen molar-refractivity contribution in [3.8, 4) is 0 Å². The molecule has 3 atom stereocenters. The van der Waals surface area contributed by atoms with E-state index in [0.717, 1.165) is 19.3 Å². The maximum absolute atomic E-state index is 10.3.